The molecular formula is C29H28N4O2. The first-order chi connectivity index (χ1) is 17.1. The van der Waals surface area contributed by atoms with Gasteiger partial charge in [0.25, 0.3) is 0 Å². The molecule has 1 aromatic heterocycles. The van der Waals surface area contributed by atoms with Crippen molar-refractivity contribution in [3.63, 3.8) is 0 Å². The fourth-order valence-electron chi connectivity index (χ4n) is 4.72. The summed E-state index contributed by atoms with van der Waals surface area (Å²) in [6, 6.07) is 27.5. The van der Waals surface area contributed by atoms with Crippen LogP contribution in [0.1, 0.15) is 35.4 Å². The third kappa shape index (κ3) is 4.87. The van der Waals surface area contributed by atoms with E-state index in [0.717, 1.165) is 27.5 Å². The van der Waals surface area contributed by atoms with Crippen molar-refractivity contribution in [3.05, 3.63) is 108 Å². The van der Waals surface area contributed by atoms with Crippen molar-refractivity contribution in [3.8, 4) is 0 Å². The second-order valence-electron chi connectivity index (χ2n) is 8.94. The maximum atomic E-state index is 13.3. The van der Waals surface area contributed by atoms with Gasteiger partial charge < -0.3 is 16.0 Å². The summed E-state index contributed by atoms with van der Waals surface area (Å²) in [6.07, 6.45) is 2.69. The molecule has 0 bridgehead atoms. The van der Waals surface area contributed by atoms with Crippen molar-refractivity contribution in [2.75, 3.05) is 12.3 Å². The predicted octanol–water partition coefficient (Wildman–Crippen LogP) is 4.26. The third-order valence-corrected chi connectivity index (χ3v) is 6.75. The number of carbonyl (C=O) groups excluding carboxylic acids is 2. The number of nitrogens with one attached hydrogen (secondary N) is 1. The van der Waals surface area contributed by atoms with Crippen molar-refractivity contribution in [1.29, 1.82) is 0 Å². The van der Waals surface area contributed by atoms with Gasteiger partial charge in [-0.2, -0.15) is 0 Å². The van der Waals surface area contributed by atoms with Crippen LogP contribution in [0.25, 0.3) is 10.8 Å². The van der Waals surface area contributed by atoms with Gasteiger partial charge in [0.1, 0.15) is 11.9 Å². The molecule has 2 heterocycles. The Morgan fingerprint density at radius 2 is 1.66 bits per heavy atom. The number of benzene rings is 3. The SMILES string of the molecule is Nc1nccc2cc(CNC(=O)[C@@H]3CCN3C(=O)CC(c3ccccc3)c3ccccc3)ccc12. The molecule has 1 fully saturated rings. The van der Waals surface area contributed by atoms with E-state index in [9.17, 15) is 9.59 Å². The Bertz CT molecular complexity index is 1300. The number of fused-ring (bicyclic) bond motifs is 1. The molecule has 1 aliphatic heterocycles. The highest BCUT2D eigenvalue weighted by Crippen LogP contribution is 2.30. The molecule has 0 aliphatic carbocycles. The lowest BCUT2D eigenvalue weighted by Crippen LogP contribution is -2.58. The van der Waals surface area contributed by atoms with E-state index in [2.05, 4.69) is 34.6 Å². The van der Waals surface area contributed by atoms with E-state index in [1.165, 1.54) is 0 Å². The van der Waals surface area contributed by atoms with E-state index < -0.39 is 6.04 Å². The second kappa shape index (κ2) is 9.97. The second-order valence-corrected chi connectivity index (χ2v) is 8.94. The largest absolute Gasteiger partial charge is 0.383 e. The number of amides is 2. The molecule has 35 heavy (non-hydrogen) atoms. The smallest absolute Gasteiger partial charge is 0.243 e. The molecule has 6 heteroatoms. The molecule has 6 nitrogen and oxygen atoms in total. The summed E-state index contributed by atoms with van der Waals surface area (Å²) in [5, 5.41) is 4.88. The van der Waals surface area contributed by atoms with E-state index >= 15 is 0 Å². The number of hydrogen-bond donors (Lipinski definition) is 2. The third-order valence-electron chi connectivity index (χ3n) is 6.75. The Labute approximate surface area is 204 Å². The standard InChI is InChI=1S/C29H28N4O2/c30-28-24-12-11-20(17-23(24)13-15-31-28)19-32-29(35)26-14-16-33(26)27(34)18-25(21-7-3-1-4-8-21)22-9-5-2-6-10-22/h1-13,15,17,25-26H,14,16,18-19H2,(H2,30,31)(H,32,35)/t26-/m0/s1. The van der Waals surface area contributed by atoms with E-state index in [1.54, 1.807) is 11.1 Å². The number of anilines is 1. The van der Waals surface area contributed by atoms with Crippen LogP contribution < -0.4 is 11.1 Å². The molecule has 2 amide bonds. The number of aromatic nitrogens is 1. The molecule has 0 saturated carbocycles. The topological polar surface area (TPSA) is 88.3 Å². The molecule has 176 valence electrons. The highest BCUT2D eigenvalue weighted by Gasteiger charge is 2.38. The van der Waals surface area contributed by atoms with Crippen LogP contribution in [0, 0.1) is 0 Å². The monoisotopic (exact) mass is 464 g/mol. The zero-order valence-corrected chi connectivity index (χ0v) is 19.4. The van der Waals surface area contributed by atoms with Gasteiger partial charge in [-0.25, -0.2) is 4.98 Å². The summed E-state index contributed by atoms with van der Waals surface area (Å²) < 4.78 is 0. The lowest BCUT2D eigenvalue weighted by atomic mass is 9.87. The minimum atomic E-state index is -0.421. The van der Waals surface area contributed by atoms with Crippen molar-refractivity contribution in [2.45, 2.75) is 31.3 Å². The number of likely N-dealkylation sites (tertiary alicyclic amines) is 1. The summed E-state index contributed by atoms with van der Waals surface area (Å²) in [5.74, 6) is 0.331. The molecule has 1 aliphatic rings. The molecule has 3 aromatic carbocycles. The van der Waals surface area contributed by atoms with E-state index in [-0.39, 0.29) is 17.7 Å². The van der Waals surface area contributed by atoms with E-state index in [1.807, 2.05) is 60.7 Å². The van der Waals surface area contributed by atoms with Gasteiger partial charge in [0.05, 0.1) is 0 Å². The molecule has 0 unspecified atom stereocenters. The van der Waals surface area contributed by atoms with E-state index in [0.29, 0.717) is 31.7 Å². The molecule has 1 saturated heterocycles. The Morgan fingerprint density at radius 1 is 0.971 bits per heavy atom. The lowest BCUT2D eigenvalue weighted by molar-refractivity contribution is -0.147. The van der Waals surface area contributed by atoms with Crippen molar-refractivity contribution >= 4 is 28.4 Å². The van der Waals surface area contributed by atoms with Gasteiger partial charge in [-0.1, -0.05) is 72.8 Å². The number of pyridine rings is 1. The Hall–Kier alpha value is -4.19. The Kier molecular flexibility index (Phi) is 6.44. The predicted molar refractivity (Wildman–Crippen MR) is 137 cm³/mol. The summed E-state index contributed by atoms with van der Waals surface area (Å²) in [7, 11) is 0. The normalized spacial score (nSPS) is 15.1. The van der Waals surface area contributed by atoms with Gasteiger partial charge >= 0.3 is 0 Å². The van der Waals surface area contributed by atoms with E-state index in [4.69, 9.17) is 5.73 Å². The first-order valence-corrected chi connectivity index (χ1v) is 11.9. The number of carbonyl (C=O) groups is 2. The van der Waals surface area contributed by atoms with Crippen LogP contribution in [0.2, 0.25) is 0 Å². The minimum absolute atomic E-state index is 0.00258. The van der Waals surface area contributed by atoms with Crippen LogP contribution in [-0.4, -0.2) is 34.3 Å². The van der Waals surface area contributed by atoms with Crippen molar-refractivity contribution < 1.29 is 9.59 Å². The average molecular weight is 465 g/mol. The number of rotatable bonds is 7. The zero-order valence-electron chi connectivity index (χ0n) is 19.4. The van der Waals surface area contributed by atoms with Crippen LogP contribution in [0.15, 0.2) is 91.1 Å². The number of nitrogens with two attached hydrogens (primary N) is 1. The first-order valence-electron chi connectivity index (χ1n) is 11.9. The van der Waals surface area contributed by atoms with Crippen LogP contribution in [-0.2, 0) is 16.1 Å². The maximum Gasteiger partial charge on any atom is 0.243 e. The molecular weight excluding hydrogens is 436 g/mol. The van der Waals surface area contributed by atoms with Crippen LogP contribution >= 0.6 is 0 Å². The van der Waals surface area contributed by atoms with Crippen LogP contribution in [0.4, 0.5) is 5.82 Å². The highest BCUT2D eigenvalue weighted by molar-refractivity contribution is 5.92. The molecule has 0 radical (unpaired) electrons. The van der Waals surface area contributed by atoms with Crippen LogP contribution in [0.3, 0.4) is 0 Å². The average Bonchev–Trinajstić information content (AvgIpc) is 2.86. The maximum absolute atomic E-state index is 13.3. The van der Waals surface area contributed by atoms with Gasteiger partial charge in [0.15, 0.2) is 0 Å². The Morgan fingerprint density at radius 3 is 2.29 bits per heavy atom. The van der Waals surface area contributed by atoms with Crippen molar-refractivity contribution in [1.82, 2.24) is 15.2 Å². The number of nitrogens with zero attached hydrogens (tertiary/aromatic N) is 2. The van der Waals surface area contributed by atoms with Gasteiger partial charge in [-0.05, 0) is 40.6 Å². The summed E-state index contributed by atoms with van der Waals surface area (Å²) in [6.45, 7) is 1.00. The minimum Gasteiger partial charge on any atom is -0.383 e. The summed E-state index contributed by atoms with van der Waals surface area (Å²) in [4.78, 5) is 32.0. The lowest BCUT2D eigenvalue weighted by Gasteiger charge is -2.40. The first kappa shape index (κ1) is 22.6. The van der Waals surface area contributed by atoms with Crippen molar-refractivity contribution in [2.24, 2.45) is 0 Å². The molecule has 5 rings (SSSR count). The molecule has 0 spiro atoms. The van der Waals surface area contributed by atoms with Crippen LogP contribution in [0.5, 0.6) is 0 Å². The fraction of sp³-hybridized carbons (Fsp3) is 0.207. The number of nitrogen functional groups attached to an aromatic ring is 1. The van der Waals surface area contributed by atoms with Gasteiger partial charge in [0.2, 0.25) is 11.8 Å². The molecule has 4 aromatic rings. The summed E-state index contributed by atoms with van der Waals surface area (Å²) in [5.41, 5.74) is 9.10. The summed E-state index contributed by atoms with van der Waals surface area (Å²) >= 11 is 0. The van der Waals surface area contributed by atoms with Gasteiger partial charge in [-0.15, -0.1) is 0 Å². The van der Waals surface area contributed by atoms with Gasteiger partial charge in [-0.3, -0.25) is 9.59 Å². The quantitative estimate of drug-likeness (QED) is 0.428. The molecule has 1 atom stereocenters. The fourth-order valence-corrected chi connectivity index (χ4v) is 4.72. The van der Waals surface area contributed by atoms with Gasteiger partial charge in [0, 0.05) is 37.0 Å². The molecule has 3 N–H and O–H groups in total. The Balaban J connectivity index is 1.24. The highest BCUT2D eigenvalue weighted by atomic mass is 16.2. The zero-order chi connectivity index (χ0) is 24.2. The number of hydrogen-bond acceptors (Lipinski definition) is 4.